The lowest BCUT2D eigenvalue weighted by Gasteiger charge is -2.52. The Morgan fingerprint density at radius 3 is 2.17 bits per heavy atom. The summed E-state index contributed by atoms with van der Waals surface area (Å²) in [6, 6.07) is 13.6. The molecule has 0 radical (unpaired) electrons. The van der Waals surface area contributed by atoms with E-state index in [1.165, 1.54) is 18.2 Å². The first-order valence-corrected chi connectivity index (χ1v) is 14.1. The van der Waals surface area contributed by atoms with E-state index in [9.17, 15) is 24.3 Å². The van der Waals surface area contributed by atoms with Crippen LogP contribution in [0.2, 0.25) is 0 Å². The van der Waals surface area contributed by atoms with Crippen LogP contribution in [-0.4, -0.2) is 77.4 Å². The number of esters is 2. The predicted octanol–water partition coefficient (Wildman–Crippen LogP) is 2.60. The molecule has 5 aliphatic heterocycles. The average molecular weight is 571 g/mol. The van der Waals surface area contributed by atoms with Crippen molar-refractivity contribution in [3.05, 3.63) is 85.0 Å². The summed E-state index contributed by atoms with van der Waals surface area (Å²) in [7, 11) is 0. The average Bonchev–Trinajstić information content (AvgIpc) is 3.70. The van der Waals surface area contributed by atoms with E-state index < -0.39 is 51.9 Å². The Bertz CT molecular complexity index is 1590. The molecule has 1 N–H and O–H groups in total. The monoisotopic (exact) mass is 570 g/mol. The molecule has 10 heteroatoms. The first kappa shape index (κ1) is 26.6. The summed E-state index contributed by atoms with van der Waals surface area (Å²) in [5.41, 5.74) is -7.33. The lowest BCUT2D eigenvalue weighted by molar-refractivity contribution is -0.211. The first-order chi connectivity index (χ1) is 20.3. The van der Waals surface area contributed by atoms with E-state index in [2.05, 4.69) is 13.2 Å². The number of para-hydroxylation sites is 2. The van der Waals surface area contributed by atoms with Crippen molar-refractivity contribution in [3.8, 4) is 0 Å². The number of carbonyl (C=O) groups excluding carboxylic acids is 4. The van der Waals surface area contributed by atoms with Crippen molar-refractivity contribution in [3.63, 3.8) is 0 Å². The second-order valence-electron chi connectivity index (χ2n) is 11.3. The van der Waals surface area contributed by atoms with E-state index in [-0.39, 0.29) is 30.9 Å². The Hall–Kier alpha value is -4.28. The number of hydrogen-bond donors (Lipinski definition) is 1. The molecule has 5 aliphatic rings. The number of carbonyl (C=O) groups is 4. The third-order valence-corrected chi connectivity index (χ3v) is 9.72. The quantitative estimate of drug-likeness (QED) is 0.315. The van der Waals surface area contributed by atoms with Crippen molar-refractivity contribution in [1.29, 1.82) is 0 Å². The van der Waals surface area contributed by atoms with Gasteiger partial charge in [0, 0.05) is 35.8 Å². The lowest BCUT2D eigenvalue weighted by atomic mass is 9.61. The Balaban J connectivity index is 1.56. The molecule has 5 atom stereocenters. The maximum Gasteiger partial charge on any atom is 0.351 e. The summed E-state index contributed by atoms with van der Waals surface area (Å²) in [5, 5.41) is 12.6. The summed E-state index contributed by atoms with van der Waals surface area (Å²) in [6.07, 6.45) is 3.94. The number of benzene rings is 2. The van der Waals surface area contributed by atoms with E-state index >= 15 is 0 Å². The number of ketones is 2. The highest BCUT2D eigenvalue weighted by molar-refractivity contribution is 6.24. The van der Waals surface area contributed by atoms with Crippen molar-refractivity contribution >= 4 is 34.9 Å². The molecule has 0 saturated carbocycles. The highest BCUT2D eigenvalue weighted by Gasteiger charge is 2.90. The Labute approximate surface area is 242 Å². The number of nitrogens with zero attached hydrogens (tertiary/aromatic N) is 2. The van der Waals surface area contributed by atoms with Gasteiger partial charge in [-0.3, -0.25) is 9.59 Å². The topological polar surface area (TPSA) is 123 Å². The first-order valence-electron chi connectivity index (χ1n) is 14.1. The van der Waals surface area contributed by atoms with Crippen molar-refractivity contribution < 1.29 is 38.5 Å². The molecule has 0 bridgehead atoms. The van der Waals surface area contributed by atoms with Crippen molar-refractivity contribution in [2.75, 3.05) is 36.1 Å². The van der Waals surface area contributed by atoms with Gasteiger partial charge in [0.1, 0.15) is 13.2 Å². The molecular formula is C32H30N2O8. The molecule has 2 aromatic rings. The van der Waals surface area contributed by atoms with E-state index in [4.69, 9.17) is 14.2 Å². The van der Waals surface area contributed by atoms with Crippen LogP contribution < -0.4 is 9.80 Å². The van der Waals surface area contributed by atoms with Gasteiger partial charge in [0.05, 0.1) is 11.2 Å². The van der Waals surface area contributed by atoms with Crippen LogP contribution in [0.25, 0.3) is 0 Å². The second kappa shape index (κ2) is 8.86. The van der Waals surface area contributed by atoms with E-state index in [1.807, 2.05) is 17.0 Å². The molecular weight excluding hydrogens is 540 g/mol. The minimum atomic E-state index is -2.93. The summed E-state index contributed by atoms with van der Waals surface area (Å²) in [4.78, 5) is 61.1. The minimum absolute atomic E-state index is 0.110. The molecule has 2 aromatic carbocycles. The number of rotatable bonds is 6. The molecule has 216 valence electrons. The number of hydrogen-bond acceptors (Lipinski definition) is 10. The van der Waals surface area contributed by atoms with Gasteiger partial charge in [0.25, 0.3) is 11.2 Å². The van der Waals surface area contributed by atoms with Crippen LogP contribution in [-0.2, 0) is 23.8 Å². The van der Waals surface area contributed by atoms with Gasteiger partial charge in [-0.1, -0.05) is 49.6 Å². The molecule has 3 saturated heterocycles. The van der Waals surface area contributed by atoms with Crippen molar-refractivity contribution in [2.45, 2.75) is 41.7 Å². The third kappa shape index (κ3) is 2.72. The number of ether oxygens (including phenoxy) is 3. The molecule has 5 heterocycles. The third-order valence-electron chi connectivity index (χ3n) is 9.72. The summed E-state index contributed by atoms with van der Waals surface area (Å²) in [6.45, 7) is 7.52. The molecule has 10 nitrogen and oxygen atoms in total. The van der Waals surface area contributed by atoms with Gasteiger partial charge in [0.2, 0.25) is 11.6 Å². The van der Waals surface area contributed by atoms with Crippen LogP contribution in [0.3, 0.4) is 0 Å². The predicted molar refractivity (Wildman–Crippen MR) is 150 cm³/mol. The largest absolute Gasteiger partial charge is 0.459 e. The van der Waals surface area contributed by atoms with Gasteiger partial charge in [-0.05, 0) is 43.5 Å². The summed E-state index contributed by atoms with van der Waals surface area (Å²) >= 11 is 0. The highest BCUT2D eigenvalue weighted by atomic mass is 16.6. The van der Waals surface area contributed by atoms with Crippen molar-refractivity contribution in [1.82, 2.24) is 0 Å². The molecule has 1 unspecified atom stereocenters. The van der Waals surface area contributed by atoms with Crippen LogP contribution in [0.5, 0.6) is 0 Å². The fourth-order valence-electron chi connectivity index (χ4n) is 8.41. The molecule has 2 spiro atoms. The number of anilines is 2. The van der Waals surface area contributed by atoms with Gasteiger partial charge in [-0.15, -0.1) is 0 Å². The maximum atomic E-state index is 14.8. The fourth-order valence-corrected chi connectivity index (χ4v) is 8.41. The highest BCUT2D eigenvalue weighted by Crippen LogP contribution is 2.69. The zero-order valence-corrected chi connectivity index (χ0v) is 22.9. The van der Waals surface area contributed by atoms with Crippen LogP contribution in [0, 0.1) is 5.92 Å². The Kier molecular flexibility index (Phi) is 5.61. The molecule has 0 aliphatic carbocycles. The number of Topliss-reactive ketones (excluding diaryl/α,β-unsaturated/α-hetero) is 2. The maximum absolute atomic E-state index is 14.8. The molecule has 0 amide bonds. The zero-order valence-electron chi connectivity index (χ0n) is 22.9. The number of aliphatic hydroxyl groups is 1. The molecule has 7 rings (SSSR count). The smallest absolute Gasteiger partial charge is 0.351 e. The van der Waals surface area contributed by atoms with Gasteiger partial charge >= 0.3 is 11.9 Å². The normalized spacial score (nSPS) is 33.5. The molecule has 3 fully saturated rings. The number of fused-ring (bicyclic) bond motifs is 4. The SMILES string of the molecule is C=CCOC(=O)[C@]1(O)C(=O)c2ccccc2N2CCC3[C@@]21O[C@@]1(C(=O)OCC=C)C(=O)c2ccccc2N2CCC[C@@]321. The van der Waals surface area contributed by atoms with E-state index in [1.54, 1.807) is 35.2 Å². The van der Waals surface area contributed by atoms with Crippen LogP contribution in [0.4, 0.5) is 11.4 Å². The fraction of sp³-hybridized carbons (Fsp3) is 0.375. The van der Waals surface area contributed by atoms with Gasteiger partial charge < -0.3 is 29.1 Å². The van der Waals surface area contributed by atoms with Crippen molar-refractivity contribution in [2.24, 2.45) is 5.92 Å². The Morgan fingerprint density at radius 2 is 1.50 bits per heavy atom. The lowest BCUT2D eigenvalue weighted by Crippen LogP contribution is -2.75. The minimum Gasteiger partial charge on any atom is -0.459 e. The molecule has 0 aromatic heterocycles. The summed E-state index contributed by atoms with van der Waals surface area (Å²) < 4.78 is 17.9. The zero-order chi connectivity index (χ0) is 29.5. The van der Waals surface area contributed by atoms with E-state index in [0.29, 0.717) is 37.2 Å². The van der Waals surface area contributed by atoms with Crippen LogP contribution in [0.15, 0.2) is 73.8 Å². The van der Waals surface area contributed by atoms with Gasteiger partial charge in [-0.25, -0.2) is 9.59 Å². The summed E-state index contributed by atoms with van der Waals surface area (Å²) in [5.74, 6) is -4.61. The molecule has 42 heavy (non-hydrogen) atoms. The standard InChI is InChI=1S/C32H30N2O8/c1-3-18-40-27(37)30(39)25(35)20-10-5-8-13-23(20)34-17-14-24-29-15-9-16-33(29)22-12-7-6-11-21(22)26(36)31(29,42-32(24,30)34)28(38)41-19-4-2/h3-8,10-13,24,39H,1-2,9,14-19H2/t24?,29-,30+,31+,32-/m0/s1. The van der Waals surface area contributed by atoms with Crippen LogP contribution in [0.1, 0.15) is 40.0 Å². The Morgan fingerprint density at radius 1 is 0.905 bits per heavy atom. The van der Waals surface area contributed by atoms with Crippen LogP contribution >= 0.6 is 0 Å². The van der Waals surface area contributed by atoms with Gasteiger partial charge in [-0.2, -0.15) is 0 Å². The van der Waals surface area contributed by atoms with Gasteiger partial charge in [0.15, 0.2) is 5.72 Å². The van der Waals surface area contributed by atoms with E-state index in [0.717, 1.165) is 0 Å². The second-order valence-corrected chi connectivity index (χ2v) is 11.3.